The Balaban J connectivity index is 1.57. The second kappa shape index (κ2) is 9.77. The molecule has 1 heterocycles. The van der Waals surface area contributed by atoms with Gasteiger partial charge >= 0.3 is 0 Å². The van der Waals surface area contributed by atoms with Crippen LogP contribution in [0.5, 0.6) is 5.75 Å². The summed E-state index contributed by atoms with van der Waals surface area (Å²) in [7, 11) is 0. The van der Waals surface area contributed by atoms with E-state index >= 15 is 0 Å². The van der Waals surface area contributed by atoms with Gasteiger partial charge in [-0.3, -0.25) is 4.79 Å². The van der Waals surface area contributed by atoms with Crippen molar-refractivity contribution in [2.24, 2.45) is 5.92 Å². The summed E-state index contributed by atoms with van der Waals surface area (Å²) in [5.41, 5.74) is 2.30. The molecule has 0 spiro atoms. The first-order valence-corrected chi connectivity index (χ1v) is 10.5. The average Bonchev–Trinajstić information content (AvgIpc) is 2.74. The molecular weight excluding hydrogens is 367 g/mol. The lowest BCUT2D eigenvalue weighted by atomic mass is 9.98. The summed E-state index contributed by atoms with van der Waals surface area (Å²) in [6.45, 7) is 8.39. The van der Waals surface area contributed by atoms with E-state index in [-0.39, 0.29) is 17.8 Å². The van der Waals surface area contributed by atoms with Gasteiger partial charge in [0.1, 0.15) is 11.6 Å². The number of hydrogen-bond donors (Lipinski definition) is 1. The highest BCUT2D eigenvalue weighted by Crippen LogP contribution is 2.25. The molecule has 0 unspecified atom stereocenters. The van der Waals surface area contributed by atoms with Crippen molar-refractivity contribution in [3.05, 3.63) is 59.9 Å². The topological polar surface area (TPSA) is 41.6 Å². The first-order chi connectivity index (χ1) is 14.0. The van der Waals surface area contributed by atoms with E-state index in [0.29, 0.717) is 12.2 Å². The number of carbonyl (C=O) groups excluding carboxylic acids is 1. The van der Waals surface area contributed by atoms with E-state index < -0.39 is 6.10 Å². The lowest BCUT2D eigenvalue weighted by molar-refractivity contribution is -0.128. The molecule has 1 fully saturated rings. The van der Waals surface area contributed by atoms with Crippen molar-refractivity contribution in [3.8, 4) is 5.75 Å². The van der Waals surface area contributed by atoms with Crippen molar-refractivity contribution in [1.82, 2.24) is 5.32 Å². The van der Waals surface area contributed by atoms with Gasteiger partial charge in [0.15, 0.2) is 6.10 Å². The number of piperidine rings is 1. The van der Waals surface area contributed by atoms with Crippen molar-refractivity contribution >= 4 is 11.6 Å². The molecule has 1 N–H and O–H groups in total. The van der Waals surface area contributed by atoms with E-state index in [9.17, 15) is 9.18 Å². The minimum Gasteiger partial charge on any atom is -0.481 e. The van der Waals surface area contributed by atoms with E-state index in [0.717, 1.165) is 24.6 Å². The highest BCUT2D eigenvalue weighted by molar-refractivity contribution is 5.81. The Hall–Kier alpha value is -2.56. The number of rotatable bonds is 7. The van der Waals surface area contributed by atoms with Crippen LogP contribution in [0.25, 0.3) is 0 Å². The van der Waals surface area contributed by atoms with Gasteiger partial charge in [-0.25, -0.2) is 4.39 Å². The Labute approximate surface area is 173 Å². The number of carbonyl (C=O) groups is 1. The number of ether oxygens (including phenoxy) is 1. The Morgan fingerprint density at radius 1 is 1.14 bits per heavy atom. The lowest BCUT2D eigenvalue weighted by Gasteiger charge is -2.32. The third-order valence-electron chi connectivity index (χ3n) is 5.66. The summed E-state index contributed by atoms with van der Waals surface area (Å²) < 4.78 is 18.8. The van der Waals surface area contributed by atoms with Crippen LogP contribution in [0.15, 0.2) is 48.5 Å². The van der Waals surface area contributed by atoms with Crippen molar-refractivity contribution in [2.45, 2.75) is 52.2 Å². The smallest absolute Gasteiger partial charge is 0.261 e. The van der Waals surface area contributed by atoms with Gasteiger partial charge in [-0.05, 0) is 74.1 Å². The van der Waals surface area contributed by atoms with Crippen LogP contribution in [0.1, 0.15) is 51.6 Å². The van der Waals surface area contributed by atoms with Gasteiger partial charge in [0.05, 0.1) is 6.04 Å². The Bertz CT molecular complexity index is 784. The van der Waals surface area contributed by atoms with Crippen molar-refractivity contribution < 1.29 is 13.9 Å². The molecule has 0 saturated carbocycles. The van der Waals surface area contributed by atoms with Crippen molar-refractivity contribution in [1.29, 1.82) is 0 Å². The third-order valence-corrected chi connectivity index (χ3v) is 5.66. The number of benzene rings is 2. The van der Waals surface area contributed by atoms with Gasteiger partial charge in [0.2, 0.25) is 0 Å². The summed E-state index contributed by atoms with van der Waals surface area (Å²) in [5.74, 6) is 0.801. The number of nitrogens with one attached hydrogen (secondary N) is 1. The molecule has 1 aliphatic rings. The zero-order valence-corrected chi connectivity index (χ0v) is 17.5. The minimum atomic E-state index is -0.613. The van der Waals surface area contributed by atoms with Crippen LogP contribution in [-0.2, 0) is 4.79 Å². The molecule has 29 heavy (non-hydrogen) atoms. The number of halogens is 1. The fourth-order valence-electron chi connectivity index (χ4n) is 3.63. The molecule has 2 aromatic rings. The lowest BCUT2D eigenvalue weighted by Crippen LogP contribution is -2.39. The molecule has 0 bridgehead atoms. The molecule has 5 heteroatoms. The van der Waals surface area contributed by atoms with Crippen molar-refractivity contribution in [3.63, 3.8) is 0 Å². The maximum atomic E-state index is 13.1. The second-order valence-corrected chi connectivity index (χ2v) is 7.96. The maximum Gasteiger partial charge on any atom is 0.261 e. The fourth-order valence-corrected chi connectivity index (χ4v) is 3.63. The Morgan fingerprint density at radius 3 is 2.34 bits per heavy atom. The molecule has 1 saturated heterocycles. The predicted molar refractivity (Wildman–Crippen MR) is 115 cm³/mol. The summed E-state index contributed by atoms with van der Waals surface area (Å²) in [4.78, 5) is 15.1. The first kappa shape index (κ1) is 21.2. The SMILES string of the molecule is CC[C@@H](Oc1ccc(F)cc1)C(=O)N[C@@H](C)c1ccc(N2CCC(C)CC2)cc1. The van der Waals surface area contributed by atoms with Gasteiger partial charge < -0.3 is 15.0 Å². The van der Waals surface area contributed by atoms with Crippen LogP contribution in [0.4, 0.5) is 10.1 Å². The molecule has 2 atom stereocenters. The van der Waals surface area contributed by atoms with E-state index in [4.69, 9.17) is 4.74 Å². The monoisotopic (exact) mass is 398 g/mol. The molecule has 0 aromatic heterocycles. The summed E-state index contributed by atoms with van der Waals surface area (Å²) in [5, 5.41) is 3.03. The maximum absolute atomic E-state index is 13.1. The van der Waals surface area contributed by atoms with Gasteiger partial charge in [-0.2, -0.15) is 0 Å². The van der Waals surface area contributed by atoms with Gasteiger partial charge in [0.25, 0.3) is 5.91 Å². The largest absolute Gasteiger partial charge is 0.481 e. The van der Waals surface area contributed by atoms with Crippen LogP contribution in [0.2, 0.25) is 0 Å². The molecule has 1 aliphatic heterocycles. The Kier molecular flexibility index (Phi) is 7.13. The van der Waals surface area contributed by atoms with Gasteiger partial charge in [0, 0.05) is 18.8 Å². The van der Waals surface area contributed by atoms with Gasteiger partial charge in [-0.15, -0.1) is 0 Å². The zero-order valence-electron chi connectivity index (χ0n) is 17.5. The number of amides is 1. The van der Waals surface area contributed by atoms with E-state index in [2.05, 4.69) is 41.4 Å². The molecule has 3 rings (SSSR count). The zero-order chi connectivity index (χ0) is 20.8. The number of anilines is 1. The van der Waals surface area contributed by atoms with Crippen molar-refractivity contribution in [2.75, 3.05) is 18.0 Å². The van der Waals surface area contributed by atoms with Crippen LogP contribution in [0.3, 0.4) is 0 Å². The molecule has 4 nitrogen and oxygen atoms in total. The summed E-state index contributed by atoms with van der Waals surface area (Å²) in [6, 6.07) is 14.0. The van der Waals surface area contributed by atoms with Crippen LogP contribution < -0.4 is 15.0 Å². The van der Waals surface area contributed by atoms with E-state index in [1.807, 2.05) is 13.8 Å². The third kappa shape index (κ3) is 5.72. The standard InChI is InChI=1S/C24H31FN2O2/c1-4-23(29-22-11-7-20(25)8-12-22)24(28)26-18(3)19-5-9-21(10-6-19)27-15-13-17(2)14-16-27/h5-12,17-18,23H,4,13-16H2,1-3H3,(H,26,28)/t18-,23+/m0/s1. The molecule has 0 aliphatic carbocycles. The average molecular weight is 399 g/mol. The quantitative estimate of drug-likeness (QED) is 0.706. The minimum absolute atomic E-state index is 0.121. The molecule has 156 valence electrons. The summed E-state index contributed by atoms with van der Waals surface area (Å²) in [6.07, 6.45) is 2.39. The molecule has 2 aromatic carbocycles. The van der Waals surface area contributed by atoms with E-state index in [1.165, 1.54) is 42.8 Å². The highest BCUT2D eigenvalue weighted by Gasteiger charge is 2.21. The predicted octanol–water partition coefficient (Wildman–Crippen LogP) is 5.10. The summed E-state index contributed by atoms with van der Waals surface area (Å²) >= 11 is 0. The van der Waals surface area contributed by atoms with Crippen LogP contribution in [-0.4, -0.2) is 25.1 Å². The molecule has 0 radical (unpaired) electrons. The first-order valence-electron chi connectivity index (χ1n) is 10.5. The highest BCUT2D eigenvalue weighted by atomic mass is 19.1. The number of nitrogens with zero attached hydrogens (tertiary/aromatic N) is 1. The molecule has 1 amide bonds. The Morgan fingerprint density at radius 2 is 1.76 bits per heavy atom. The fraction of sp³-hybridized carbons (Fsp3) is 0.458. The van der Waals surface area contributed by atoms with Gasteiger partial charge in [-0.1, -0.05) is 26.0 Å². The second-order valence-electron chi connectivity index (χ2n) is 7.96. The van der Waals surface area contributed by atoms with E-state index in [1.54, 1.807) is 0 Å². The number of hydrogen-bond acceptors (Lipinski definition) is 3. The normalized spacial score (nSPS) is 16.9. The molecular formula is C24H31FN2O2. The van der Waals surface area contributed by atoms with Crippen LogP contribution >= 0.6 is 0 Å². The van der Waals surface area contributed by atoms with Crippen LogP contribution in [0, 0.1) is 11.7 Å².